The van der Waals surface area contributed by atoms with Crippen molar-refractivity contribution in [1.29, 1.82) is 0 Å². The summed E-state index contributed by atoms with van der Waals surface area (Å²) in [7, 11) is 0. The standard InChI is InChI=1S/C48H31N3.C46H29N3.C42H27N3/c1-3-14-32(15-4-1)33-16-13-19-35(28-33)50-44-24-11-8-21-38(44)41-31-48-42(30-47(41)50)39-22-9-12-25-45(39)51(48)36-26-27-46-40(29-36)37-20-7-10-23-43(37)49(46)34-17-5-2-6-18-34;1-2-14-32(15-3-1)47-41-19-9-6-16-35(41)38-27-34(24-25-44(38)47)49-43-21-11-8-18-37(43)40-28-45-39(29-46(40)49)36-17-7-10-20-42(36)48(45)33-23-22-30-12-4-5-13-31(30)26-33;1-3-13-28(14-4-1)43-37-20-10-7-17-31(37)34-25-30(23-24-40(34)43)45-39-22-12-9-19-33(39)36-26-41-35(27-42(36)45)32-18-8-11-21-38(32)44(41)29-15-5-2-6-16-29/h1-31H;1-29H;1-27H. The van der Waals surface area contributed by atoms with Gasteiger partial charge >= 0.3 is 0 Å². The summed E-state index contributed by atoms with van der Waals surface area (Å²) < 4.78 is 21.8. The number of aromatic nitrogens is 9. The van der Waals surface area contributed by atoms with Gasteiger partial charge in [0.1, 0.15) is 0 Å². The monoisotopic (exact) mass is 1850 g/mol. The Hall–Kier alpha value is -19.5. The predicted molar refractivity (Wildman–Crippen MR) is 611 cm³/mol. The summed E-state index contributed by atoms with van der Waals surface area (Å²) in [5.74, 6) is 0. The molecule has 9 heteroatoms. The number of fused-ring (bicyclic) bond motifs is 28. The minimum absolute atomic E-state index is 1.16. The van der Waals surface area contributed by atoms with Crippen molar-refractivity contribution in [3.8, 4) is 62.3 Å². The molecule has 0 aliphatic rings. The molecule has 9 nitrogen and oxygen atoms in total. The van der Waals surface area contributed by atoms with Crippen molar-refractivity contribution in [2.45, 2.75) is 0 Å². The first-order chi connectivity index (χ1) is 72.0. The molecule has 0 saturated heterocycles. The van der Waals surface area contributed by atoms with Crippen LogP contribution >= 0.6 is 0 Å². The van der Waals surface area contributed by atoms with E-state index in [1.807, 2.05) is 0 Å². The summed E-state index contributed by atoms with van der Waals surface area (Å²) in [5.41, 5.74) is 34.7. The number of para-hydroxylation sites is 13. The molecule has 145 heavy (non-hydrogen) atoms. The zero-order valence-electron chi connectivity index (χ0n) is 78.8. The number of nitrogens with zero attached hydrogens (tertiary/aromatic N) is 9. The maximum absolute atomic E-state index is 2.46. The molecule has 0 aliphatic heterocycles. The molecule has 0 amide bonds. The van der Waals surface area contributed by atoms with Gasteiger partial charge in [0.25, 0.3) is 0 Å². The van der Waals surface area contributed by atoms with Crippen molar-refractivity contribution in [3.05, 3.63) is 528 Å². The highest BCUT2D eigenvalue weighted by Gasteiger charge is 2.27. The third-order valence-corrected chi connectivity index (χ3v) is 30.4. The molecule has 0 atom stereocenters. The predicted octanol–water partition coefficient (Wildman–Crippen LogP) is 35.8. The Morgan fingerprint density at radius 1 is 0.0828 bits per heavy atom. The molecular formula is C136H87N9. The third-order valence-electron chi connectivity index (χ3n) is 30.4. The van der Waals surface area contributed by atoms with Gasteiger partial charge in [0.15, 0.2) is 0 Å². The summed E-state index contributed by atoms with van der Waals surface area (Å²) >= 11 is 0. The van der Waals surface area contributed by atoms with Crippen molar-refractivity contribution in [3.63, 3.8) is 0 Å². The van der Waals surface area contributed by atoms with E-state index in [4.69, 9.17) is 0 Å². The number of benzene rings is 23. The van der Waals surface area contributed by atoms with Crippen LogP contribution in [0.5, 0.6) is 0 Å². The van der Waals surface area contributed by atoms with E-state index < -0.39 is 0 Å². The Balaban J connectivity index is 0.000000101. The van der Waals surface area contributed by atoms with Gasteiger partial charge in [-0.1, -0.05) is 309 Å². The van der Waals surface area contributed by atoms with Crippen LogP contribution in [0.1, 0.15) is 0 Å². The Morgan fingerprint density at radius 2 is 0.262 bits per heavy atom. The third kappa shape index (κ3) is 12.6. The van der Waals surface area contributed by atoms with Crippen LogP contribution in [0.25, 0.3) is 269 Å². The first-order valence-corrected chi connectivity index (χ1v) is 49.9. The lowest BCUT2D eigenvalue weighted by atomic mass is 10.1. The Labute approximate surface area is 832 Å². The molecule has 0 spiro atoms. The van der Waals surface area contributed by atoms with Crippen LogP contribution in [0.15, 0.2) is 528 Å². The number of hydrogen-bond donors (Lipinski definition) is 0. The molecule has 0 radical (unpaired) electrons. The van der Waals surface area contributed by atoms with Gasteiger partial charge in [-0.2, -0.15) is 0 Å². The zero-order chi connectivity index (χ0) is 95.0. The fourth-order valence-corrected chi connectivity index (χ4v) is 24.2. The van der Waals surface area contributed by atoms with Crippen molar-refractivity contribution < 1.29 is 0 Å². The van der Waals surface area contributed by atoms with Gasteiger partial charge in [-0.15, -0.1) is 0 Å². The fourth-order valence-electron chi connectivity index (χ4n) is 24.2. The molecular weight excluding hydrogens is 1760 g/mol. The quantitative estimate of drug-likeness (QED) is 0.131. The first kappa shape index (κ1) is 81.5. The summed E-state index contributed by atoms with van der Waals surface area (Å²) in [4.78, 5) is 0. The minimum Gasteiger partial charge on any atom is -0.309 e. The van der Waals surface area contributed by atoms with Crippen molar-refractivity contribution in [2.24, 2.45) is 0 Å². The second-order valence-electron chi connectivity index (χ2n) is 38.2. The molecule has 32 rings (SSSR count). The van der Waals surface area contributed by atoms with Crippen molar-refractivity contribution in [2.75, 3.05) is 0 Å². The van der Waals surface area contributed by atoms with E-state index in [-0.39, 0.29) is 0 Å². The summed E-state index contributed by atoms with van der Waals surface area (Å²) in [6.07, 6.45) is 0. The van der Waals surface area contributed by atoms with E-state index in [0.29, 0.717) is 0 Å². The summed E-state index contributed by atoms with van der Waals surface area (Å²) in [6.45, 7) is 0. The highest BCUT2D eigenvalue weighted by Crippen LogP contribution is 2.48. The van der Waals surface area contributed by atoms with Crippen molar-refractivity contribution in [1.82, 2.24) is 41.1 Å². The molecule has 676 valence electrons. The maximum atomic E-state index is 2.46. The highest BCUT2D eigenvalue weighted by molar-refractivity contribution is 6.24. The van der Waals surface area contributed by atoms with E-state index in [2.05, 4.69) is 569 Å². The van der Waals surface area contributed by atoms with E-state index in [9.17, 15) is 0 Å². The molecule has 23 aromatic carbocycles. The van der Waals surface area contributed by atoms with Gasteiger partial charge in [0.2, 0.25) is 0 Å². The highest BCUT2D eigenvalue weighted by atomic mass is 15.1. The lowest BCUT2D eigenvalue weighted by Gasteiger charge is -2.11. The van der Waals surface area contributed by atoms with Gasteiger partial charge < -0.3 is 41.1 Å². The molecule has 0 unspecified atom stereocenters. The number of rotatable bonds is 10. The van der Waals surface area contributed by atoms with Crippen LogP contribution < -0.4 is 0 Å². The van der Waals surface area contributed by atoms with Crippen LogP contribution in [-0.2, 0) is 0 Å². The second-order valence-corrected chi connectivity index (χ2v) is 38.2. The Morgan fingerprint density at radius 3 is 0.538 bits per heavy atom. The van der Waals surface area contributed by atoms with Crippen LogP contribution in [0.4, 0.5) is 0 Å². The molecule has 9 heterocycles. The van der Waals surface area contributed by atoms with Gasteiger partial charge in [-0.25, -0.2) is 0 Å². The Bertz CT molecular complexity index is 10900. The molecule has 0 saturated carbocycles. The average Bonchev–Trinajstić information content (AvgIpc) is 1.56. The van der Waals surface area contributed by atoms with Crippen LogP contribution in [0, 0.1) is 0 Å². The van der Waals surface area contributed by atoms with Crippen LogP contribution in [0.2, 0.25) is 0 Å². The second kappa shape index (κ2) is 32.6. The zero-order valence-corrected chi connectivity index (χ0v) is 78.8. The molecule has 0 fully saturated rings. The molecule has 9 aromatic heterocycles. The van der Waals surface area contributed by atoms with E-state index in [1.165, 1.54) is 247 Å². The fraction of sp³-hybridized carbons (Fsp3) is 0. The van der Waals surface area contributed by atoms with Crippen molar-refractivity contribution >= 4 is 207 Å². The van der Waals surface area contributed by atoms with E-state index in [0.717, 1.165) is 22.7 Å². The van der Waals surface area contributed by atoms with Gasteiger partial charge in [-0.3, -0.25) is 0 Å². The van der Waals surface area contributed by atoms with Crippen LogP contribution in [-0.4, -0.2) is 41.1 Å². The summed E-state index contributed by atoms with van der Waals surface area (Å²) in [5, 5.41) is 25.0. The SMILES string of the molecule is c1ccc(-c2cccc(-n3c4ccccc4c4cc5c(cc43)c3ccccc3n5-c3ccc4c(c3)c3ccccc3n4-c3ccccc3)c2)cc1.c1ccc(-n2c3ccccc3c3cc(-n4c5ccccc5c5cc6c(cc54)c4ccccc4n6-c4ccc5ccccc5c4)ccc32)cc1.c1ccc(-n2c3ccccc3c3cc(-n4c5ccccc5c5cc6c(cc54)c4ccccc4n6-c4ccccc4)ccc32)cc1. The number of hydrogen-bond acceptors (Lipinski definition) is 0. The maximum Gasteiger partial charge on any atom is 0.0548 e. The minimum atomic E-state index is 1.16. The average molecular weight is 1850 g/mol. The smallest absolute Gasteiger partial charge is 0.0548 e. The molecule has 0 aliphatic carbocycles. The molecule has 32 aromatic rings. The van der Waals surface area contributed by atoms with E-state index in [1.54, 1.807) is 0 Å². The van der Waals surface area contributed by atoms with E-state index >= 15 is 0 Å². The normalized spacial score (nSPS) is 12.0. The Kier molecular flexibility index (Phi) is 18.3. The first-order valence-electron chi connectivity index (χ1n) is 49.9. The lowest BCUT2D eigenvalue weighted by Crippen LogP contribution is -1.96. The van der Waals surface area contributed by atoms with Crippen LogP contribution in [0.3, 0.4) is 0 Å². The van der Waals surface area contributed by atoms with Gasteiger partial charge in [0.05, 0.1) is 99.3 Å². The van der Waals surface area contributed by atoms with Gasteiger partial charge in [-0.05, 0) is 240 Å². The topological polar surface area (TPSA) is 44.4 Å². The molecule has 0 N–H and O–H groups in total. The lowest BCUT2D eigenvalue weighted by molar-refractivity contribution is 1.16. The summed E-state index contributed by atoms with van der Waals surface area (Å²) in [6, 6.07) is 192. The largest absolute Gasteiger partial charge is 0.309 e. The van der Waals surface area contributed by atoms with Gasteiger partial charge in [0, 0.05) is 148 Å². The molecule has 0 bridgehead atoms.